The summed E-state index contributed by atoms with van der Waals surface area (Å²) in [6.07, 6.45) is 0. The SMILES string of the molecule is O=c1[nH]c2cccc(F)c2cc1Nc1ccccc1. The van der Waals surface area contributed by atoms with Gasteiger partial charge in [-0.25, -0.2) is 4.39 Å². The first-order valence-electron chi connectivity index (χ1n) is 5.88. The lowest BCUT2D eigenvalue weighted by Crippen LogP contribution is -2.11. The Morgan fingerprint density at radius 3 is 2.58 bits per heavy atom. The van der Waals surface area contributed by atoms with Crippen molar-refractivity contribution in [1.82, 2.24) is 4.98 Å². The minimum atomic E-state index is -0.357. The average molecular weight is 254 g/mol. The molecule has 2 N–H and O–H groups in total. The van der Waals surface area contributed by atoms with Gasteiger partial charge in [0.05, 0.1) is 5.52 Å². The van der Waals surface area contributed by atoms with Gasteiger partial charge in [-0.15, -0.1) is 0 Å². The van der Waals surface area contributed by atoms with Gasteiger partial charge in [0.1, 0.15) is 11.5 Å². The van der Waals surface area contributed by atoms with Gasteiger partial charge in [0.25, 0.3) is 5.56 Å². The van der Waals surface area contributed by atoms with E-state index < -0.39 is 0 Å². The van der Waals surface area contributed by atoms with E-state index in [1.54, 1.807) is 12.1 Å². The Hall–Kier alpha value is -2.62. The van der Waals surface area contributed by atoms with Crippen LogP contribution in [-0.2, 0) is 0 Å². The van der Waals surface area contributed by atoms with Gasteiger partial charge in [-0.2, -0.15) is 0 Å². The molecule has 0 saturated heterocycles. The summed E-state index contributed by atoms with van der Waals surface area (Å²) in [5.74, 6) is -0.357. The van der Waals surface area contributed by atoms with Crippen molar-refractivity contribution in [2.45, 2.75) is 0 Å². The van der Waals surface area contributed by atoms with Gasteiger partial charge in [-0.1, -0.05) is 24.3 Å². The molecule has 19 heavy (non-hydrogen) atoms. The zero-order chi connectivity index (χ0) is 13.2. The number of aromatic amines is 1. The van der Waals surface area contributed by atoms with Crippen molar-refractivity contribution in [2.75, 3.05) is 5.32 Å². The fraction of sp³-hybridized carbons (Fsp3) is 0. The molecule has 4 heteroatoms. The molecule has 0 saturated carbocycles. The van der Waals surface area contributed by atoms with Gasteiger partial charge in [-0.05, 0) is 30.3 Å². The van der Waals surface area contributed by atoms with Crippen LogP contribution in [0.3, 0.4) is 0 Å². The molecule has 1 heterocycles. The van der Waals surface area contributed by atoms with Crippen molar-refractivity contribution in [3.8, 4) is 0 Å². The monoisotopic (exact) mass is 254 g/mol. The highest BCUT2D eigenvalue weighted by Gasteiger charge is 2.06. The van der Waals surface area contributed by atoms with Gasteiger partial charge in [0, 0.05) is 11.1 Å². The third kappa shape index (κ3) is 2.20. The summed E-state index contributed by atoms with van der Waals surface area (Å²) in [5.41, 5.74) is 1.32. The molecule has 1 aromatic heterocycles. The molecule has 0 atom stereocenters. The number of anilines is 2. The summed E-state index contributed by atoms with van der Waals surface area (Å²) in [7, 11) is 0. The molecule has 2 aromatic carbocycles. The fourth-order valence-electron chi connectivity index (χ4n) is 1.96. The minimum Gasteiger partial charge on any atom is -0.351 e. The quantitative estimate of drug-likeness (QED) is 0.736. The van der Waals surface area contributed by atoms with Crippen LogP contribution in [0, 0.1) is 5.82 Å². The molecule has 0 radical (unpaired) electrons. The van der Waals surface area contributed by atoms with Crippen molar-refractivity contribution in [3.63, 3.8) is 0 Å². The van der Waals surface area contributed by atoms with E-state index in [1.807, 2.05) is 30.3 Å². The summed E-state index contributed by atoms with van der Waals surface area (Å²) >= 11 is 0. The number of hydrogen-bond donors (Lipinski definition) is 2. The maximum absolute atomic E-state index is 13.7. The Morgan fingerprint density at radius 1 is 1.00 bits per heavy atom. The van der Waals surface area contributed by atoms with Crippen molar-refractivity contribution in [2.24, 2.45) is 0 Å². The van der Waals surface area contributed by atoms with E-state index in [4.69, 9.17) is 0 Å². The van der Waals surface area contributed by atoms with Crippen molar-refractivity contribution < 1.29 is 4.39 Å². The predicted octanol–water partition coefficient (Wildman–Crippen LogP) is 3.41. The van der Waals surface area contributed by atoms with Crippen molar-refractivity contribution in [1.29, 1.82) is 0 Å². The van der Waals surface area contributed by atoms with Crippen LogP contribution in [0.5, 0.6) is 0 Å². The van der Waals surface area contributed by atoms with E-state index >= 15 is 0 Å². The second-order valence-electron chi connectivity index (χ2n) is 4.20. The van der Waals surface area contributed by atoms with Crippen molar-refractivity contribution in [3.05, 3.63) is 70.8 Å². The maximum Gasteiger partial charge on any atom is 0.272 e. The normalized spacial score (nSPS) is 10.6. The molecule has 94 valence electrons. The Morgan fingerprint density at radius 2 is 1.79 bits per heavy atom. The molecule has 0 bridgehead atoms. The number of hydrogen-bond acceptors (Lipinski definition) is 2. The second-order valence-corrected chi connectivity index (χ2v) is 4.20. The van der Waals surface area contributed by atoms with Gasteiger partial charge < -0.3 is 10.3 Å². The zero-order valence-electron chi connectivity index (χ0n) is 9.98. The van der Waals surface area contributed by atoms with Crippen LogP contribution in [0.4, 0.5) is 15.8 Å². The lowest BCUT2D eigenvalue weighted by molar-refractivity contribution is 0.639. The number of rotatable bonds is 2. The minimum absolute atomic E-state index is 0.276. The maximum atomic E-state index is 13.7. The molecule has 3 aromatic rings. The summed E-state index contributed by atoms with van der Waals surface area (Å²) in [6, 6.07) is 15.4. The Bertz CT molecular complexity index is 781. The first-order valence-corrected chi connectivity index (χ1v) is 5.88. The third-order valence-electron chi connectivity index (χ3n) is 2.89. The molecule has 3 nitrogen and oxygen atoms in total. The number of H-pyrrole nitrogens is 1. The predicted molar refractivity (Wildman–Crippen MR) is 74.3 cm³/mol. The highest BCUT2D eigenvalue weighted by molar-refractivity contribution is 5.83. The van der Waals surface area contributed by atoms with Crippen LogP contribution in [0.2, 0.25) is 0 Å². The van der Waals surface area contributed by atoms with E-state index in [0.29, 0.717) is 16.6 Å². The number of aromatic nitrogens is 1. The Balaban J connectivity index is 2.12. The molecule has 0 spiro atoms. The number of benzene rings is 2. The lowest BCUT2D eigenvalue weighted by atomic mass is 10.2. The molecule has 0 fully saturated rings. The molecular formula is C15H11FN2O. The standard InChI is InChI=1S/C15H11FN2O/c16-12-7-4-8-13-11(12)9-14(15(19)18-13)17-10-5-2-1-3-6-10/h1-9,17H,(H,18,19). The van der Waals surface area contributed by atoms with Crippen LogP contribution in [0.15, 0.2) is 59.4 Å². The van der Waals surface area contributed by atoms with E-state index in [9.17, 15) is 9.18 Å². The fourth-order valence-corrected chi connectivity index (χ4v) is 1.96. The first kappa shape index (κ1) is 11.5. The topological polar surface area (TPSA) is 44.9 Å². The highest BCUT2D eigenvalue weighted by Crippen LogP contribution is 2.19. The molecular weight excluding hydrogens is 243 g/mol. The number of halogens is 1. The highest BCUT2D eigenvalue weighted by atomic mass is 19.1. The van der Waals surface area contributed by atoms with Crippen LogP contribution in [0.1, 0.15) is 0 Å². The van der Waals surface area contributed by atoms with E-state index in [0.717, 1.165) is 5.69 Å². The average Bonchev–Trinajstić information content (AvgIpc) is 2.42. The summed E-state index contributed by atoms with van der Waals surface area (Å²) in [4.78, 5) is 14.6. The van der Waals surface area contributed by atoms with Gasteiger partial charge in [0.2, 0.25) is 0 Å². The smallest absolute Gasteiger partial charge is 0.272 e. The number of pyridine rings is 1. The molecule has 0 aliphatic heterocycles. The third-order valence-corrected chi connectivity index (χ3v) is 2.89. The van der Waals surface area contributed by atoms with E-state index in [1.165, 1.54) is 12.1 Å². The van der Waals surface area contributed by atoms with Crippen LogP contribution < -0.4 is 10.9 Å². The van der Waals surface area contributed by atoms with Gasteiger partial charge in [0.15, 0.2) is 0 Å². The largest absolute Gasteiger partial charge is 0.351 e. The number of fused-ring (bicyclic) bond motifs is 1. The first-order chi connectivity index (χ1) is 9.24. The Kier molecular flexibility index (Phi) is 2.76. The van der Waals surface area contributed by atoms with Crippen LogP contribution in [0.25, 0.3) is 10.9 Å². The molecule has 0 amide bonds. The van der Waals surface area contributed by atoms with Crippen LogP contribution in [-0.4, -0.2) is 4.98 Å². The Labute approximate surface area is 108 Å². The number of nitrogens with one attached hydrogen (secondary N) is 2. The summed E-state index contributed by atoms with van der Waals surface area (Å²) in [6.45, 7) is 0. The van der Waals surface area contributed by atoms with Crippen LogP contribution >= 0.6 is 0 Å². The van der Waals surface area contributed by atoms with Gasteiger partial charge >= 0.3 is 0 Å². The molecule has 0 unspecified atom stereocenters. The summed E-state index contributed by atoms with van der Waals surface area (Å²) in [5, 5.41) is 3.37. The molecule has 0 aliphatic carbocycles. The second kappa shape index (κ2) is 4.57. The van der Waals surface area contributed by atoms with E-state index in [-0.39, 0.29) is 11.4 Å². The molecule has 3 rings (SSSR count). The van der Waals surface area contributed by atoms with Crippen molar-refractivity contribution >= 4 is 22.3 Å². The zero-order valence-corrected chi connectivity index (χ0v) is 9.98. The van der Waals surface area contributed by atoms with E-state index in [2.05, 4.69) is 10.3 Å². The molecule has 0 aliphatic rings. The van der Waals surface area contributed by atoms with Gasteiger partial charge in [-0.3, -0.25) is 4.79 Å². The lowest BCUT2D eigenvalue weighted by Gasteiger charge is -2.07. The number of para-hydroxylation sites is 1. The summed E-state index contributed by atoms with van der Waals surface area (Å²) < 4.78 is 13.7.